The molecule has 0 saturated heterocycles. The molecule has 7 nitrogen and oxygen atoms in total. The van der Waals surface area contributed by atoms with E-state index in [9.17, 15) is 14.4 Å². The lowest BCUT2D eigenvalue weighted by Gasteiger charge is -2.18. The Morgan fingerprint density at radius 1 is 0.889 bits per heavy atom. The van der Waals surface area contributed by atoms with Crippen LogP contribution in [-0.2, 0) is 16.1 Å². The number of fused-ring (bicyclic) bond motifs is 1. The number of nitrogens with zero attached hydrogens (tertiary/aromatic N) is 2. The predicted octanol–water partition coefficient (Wildman–Crippen LogP) is 9.25. The Balaban J connectivity index is 1.37. The van der Waals surface area contributed by atoms with Crippen LogP contribution < -0.4 is 10.9 Å². The molecule has 0 bridgehead atoms. The maximum Gasteiger partial charge on any atom is 0.338 e. The fourth-order valence-electron chi connectivity index (χ4n) is 5.20. The predicted molar refractivity (Wildman–Crippen MR) is 185 cm³/mol. The highest BCUT2D eigenvalue weighted by molar-refractivity contribution is 9.09. The van der Waals surface area contributed by atoms with Gasteiger partial charge in [0.15, 0.2) is 4.83 Å². The van der Waals surface area contributed by atoms with Crippen LogP contribution in [0.4, 0.5) is 5.69 Å². The standard InChI is InChI=1S/C36H41BrClN3O4/c1-2-3-4-5-6-7-8-9-10-16-23-45-36(44)27-21-22-29(38)31(24-27)40-34(42)32(37)33-39-30-20-15-14-19-28(30)35(43)41(33)25-26-17-12-11-13-18-26/h11-15,17-22,24,32H,2-10,16,23,25H2,1H3,(H,40,42). The molecule has 238 valence electrons. The van der Waals surface area contributed by atoms with Crippen molar-refractivity contribution in [2.24, 2.45) is 0 Å². The number of aromatic nitrogens is 2. The summed E-state index contributed by atoms with van der Waals surface area (Å²) in [7, 11) is 0. The minimum atomic E-state index is -0.985. The summed E-state index contributed by atoms with van der Waals surface area (Å²) in [4.78, 5) is 43.5. The summed E-state index contributed by atoms with van der Waals surface area (Å²) in [5.41, 5.74) is 1.69. The van der Waals surface area contributed by atoms with Crippen LogP contribution >= 0.6 is 27.5 Å². The molecule has 1 N–H and O–H groups in total. The lowest BCUT2D eigenvalue weighted by Crippen LogP contribution is -2.30. The minimum Gasteiger partial charge on any atom is -0.462 e. The molecule has 1 atom stereocenters. The zero-order chi connectivity index (χ0) is 32.0. The first-order chi connectivity index (χ1) is 21.9. The molecule has 0 saturated carbocycles. The van der Waals surface area contributed by atoms with Gasteiger partial charge < -0.3 is 10.1 Å². The topological polar surface area (TPSA) is 90.3 Å². The molecule has 0 aliphatic carbocycles. The number of carbonyl (C=O) groups is 2. The van der Waals surface area contributed by atoms with Crippen molar-refractivity contribution in [2.45, 2.75) is 82.5 Å². The molecule has 9 heteroatoms. The largest absolute Gasteiger partial charge is 0.462 e. The third-order valence-electron chi connectivity index (χ3n) is 7.72. The summed E-state index contributed by atoms with van der Waals surface area (Å²) in [6.07, 6.45) is 12.0. The van der Waals surface area contributed by atoms with Gasteiger partial charge in [-0.05, 0) is 42.3 Å². The highest BCUT2D eigenvalue weighted by Crippen LogP contribution is 2.28. The van der Waals surface area contributed by atoms with Gasteiger partial charge in [-0.15, -0.1) is 0 Å². The normalized spacial score (nSPS) is 11.8. The molecule has 1 aromatic heterocycles. The molecule has 45 heavy (non-hydrogen) atoms. The maximum atomic E-state index is 13.5. The SMILES string of the molecule is CCCCCCCCCCCCOC(=O)c1ccc(Cl)c(NC(=O)C(Br)c2nc3ccccc3c(=O)n2Cc2ccccc2)c1. The number of halogens is 2. The molecule has 0 fully saturated rings. The van der Waals surface area contributed by atoms with Crippen molar-refractivity contribution < 1.29 is 14.3 Å². The second-order valence-electron chi connectivity index (χ2n) is 11.2. The number of hydrogen-bond acceptors (Lipinski definition) is 5. The summed E-state index contributed by atoms with van der Waals surface area (Å²) in [5, 5.41) is 3.52. The Morgan fingerprint density at radius 3 is 2.24 bits per heavy atom. The average molecular weight is 695 g/mol. The van der Waals surface area contributed by atoms with Crippen molar-refractivity contribution in [1.29, 1.82) is 0 Å². The van der Waals surface area contributed by atoms with Crippen molar-refractivity contribution in [3.63, 3.8) is 0 Å². The number of amides is 1. The second-order valence-corrected chi connectivity index (χ2v) is 12.6. The van der Waals surface area contributed by atoms with Gasteiger partial charge in [0, 0.05) is 0 Å². The quantitative estimate of drug-likeness (QED) is 0.0676. The van der Waals surface area contributed by atoms with E-state index in [1.54, 1.807) is 36.4 Å². The van der Waals surface area contributed by atoms with Crippen molar-refractivity contribution in [1.82, 2.24) is 9.55 Å². The minimum absolute atomic E-state index is 0.239. The van der Waals surface area contributed by atoms with E-state index in [0.717, 1.165) is 24.8 Å². The number of unbranched alkanes of at least 4 members (excludes halogenated alkanes) is 9. The maximum absolute atomic E-state index is 13.5. The molecule has 1 amide bonds. The molecule has 0 aliphatic heterocycles. The van der Waals surface area contributed by atoms with Gasteiger partial charge in [0.25, 0.3) is 5.56 Å². The lowest BCUT2D eigenvalue weighted by atomic mass is 10.1. The van der Waals surface area contributed by atoms with Crippen LogP contribution in [0, 0.1) is 0 Å². The number of para-hydroxylation sites is 1. The number of anilines is 1. The first-order valence-corrected chi connectivity index (χ1v) is 17.1. The van der Waals surface area contributed by atoms with Gasteiger partial charge in [-0.1, -0.05) is 135 Å². The van der Waals surface area contributed by atoms with Crippen LogP contribution in [-0.4, -0.2) is 28.0 Å². The number of benzene rings is 3. The summed E-state index contributed by atoms with van der Waals surface area (Å²) >= 11 is 9.88. The van der Waals surface area contributed by atoms with Crippen LogP contribution in [0.3, 0.4) is 0 Å². The highest BCUT2D eigenvalue weighted by atomic mass is 79.9. The van der Waals surface area contributed by atoms with Crippen LogP contribution in [0.5, 0.6) is 0 Å². The Labute approximate surface area is 278 Å². The van der Waals surface area contributed by atoms with Gasteiger partial charge in [-0.3, -0.25) is 14.2 Å². The van der Waals surface area contributed by atoms with Crippen molar-refractivity contribution in [3.05, 3.63) is 105 Å². The van der Waals surface area contributed by atoms with E-state index in [0.29, 0.717) is 17.5 Å². The summed E-state index contributed by atoms with van der Waals surface area (Å²) in [6, 6.07) is 21.2. The molecular formula is C36H41BrClN3O4. The third-order valence-corrected chi connectivity index (χ3v) is 8.88. The smallest absolute Gasteiger partial charge is 0.338 e. The van der Waals surface area contributed by atoms with Crippen LogP contribution in [0.2, 0.25) is 5.02 Å². The molecular weight excluding hydrogens is 654 g/mol. The molecule has 1 heterocycles. The van der Waals surface area contributed by atoms with E-state index >= 15 is 0 Å². The number of carbonyl (C=O) groups excluding carboxylic acids is 2. The summed E-state index contributed by atoms with van der Waals surface area (Å²) in [6.45, 7) is 2.81. The zero-order valence-electron chi connectivity index (χ0n) is 25.8. The van der Waals surface area contributed by atoms with Gasteiger partial charge in [0.1, 0.15) is 5.82 Å². The number of esters is 1. The number of hydrogen-bond donors (Lipinski definition) is 1. The first-order valence-electron chi connectivity index (χ1n) is 15.8. The summed E-state index contributed by atoms with van der Waals surface area (Å²) < 4.78 is 6.99. The van der Waals surface area contributed by atoms with E-state index in [1.807, 2.05) is 30.3 Å². The van der Waals surface area contributed by atoms with Crippen LogP contribution in [0.15, 0.2) is 77.6 Å². The molecule has 1 unspecified atom stereocenters. The van der Waals surface area contributed by atoms with E-state index < -0.39 is 16.7 Å². The van der Waals surface area contributed by atoms with E-state index in [4.69, 9.17) is 21.3 Å². The Hall–Kier alpha value is -3.49. The number of rotatable bonds is 17. The third kappa shape index (κ3) is 10.00. The number of alkyl halides is 1. The average Bonchev–Trinajstić information content (AvgIpc) is 3.05. The van der Waals surface area contributed by atoms with Crippen molar-refractivity contribution in [2.75, 3.05) is 11.9 Å². The van der Waals surface area contributed by atoms with E-state index in [1.165, 1.54) is 55.6 Å². The lowest BCUT2D eigenvalue weighted by molar-refractivity contribution is -0.115. The van der Waals surface area contributed by atoms with E-state index in [-0.39, 0.29) is 34.2 Å². The number of ether oxygens (including phenoxy) is 1. The molecule has 0 radical (unpaired) electrons. The Kier molecular flexibility index (Phi) is 13.6. The van der Waals surface area contributed by atoms with Gasteiger partial charge in [-0.25, -0.2) is 9.78 Å². The Morgan fingerprint density at radius 2 is 1.53 bits per heavy atom. The van der Waals surface area contributed by atoms with Crippen LogP contribution in [0.25, 0.3) is 10.9 Å². The van der Waals surface area contributed by atoms with Crippen molar-refractivity contribution in [3.8, 4) is 0 Å². The molecule has 3 aromatic carbocycles. The summed E-state index contributed by atoms with van der Waals surface area (Å²) in [5.74, 6) is -0.707. The molecule has 0 aliphatic rings. The second kappa shape index (κ2) is 17.9. The van der Waals surface area contributed by atoms with Crippen molar-refractivity contribution >= 4 is 56.0 Å². The van der Waals surface area contributed by atoms with Crippen LogP contribution in [0.1, 0.15) is 97.7 Å². The number of nitrogens with one attached hydrogen (secondary N) is 1. The fraction of sp³-hybridized carbons (Fsp3) is 0.389. The van der Waals surface area contributed by atoms with E-state index in [2.05, 4.69) is 28.2 Å². The molecule has 0 spiro atoms. The zero-order valence-corrected chi connectivity index (χ0v) is 28.1. The van der Waals surface area contributed by atoms with Gasteiger partial charge in [-0.2, -0.15) is 0 Å². The fourth-order valence-corrected chi connectivity index (χ4v) is 5.83. The monoisotopic (exact) mass is 693 g/mol. The molecule has 4 aromatic rings. The van der Waals surface area contributed by atoms with Gasteiger partial charge in [0.05, 0.1) is 40.3 Å². The van der Waals surface area contributed by atoms with Gasteiger partial charge in [0.2, 0.25) is 5.91 Å². The molecule has 4 rings (SSSR count). The highest BCUT2D eigenvalue weighted by Gasteiger charge is 2.25. The first kappa shape index (κ1) is 34.4. The van der Waals surface area contributed by atoms with Gasteiger partial charge >= 0.3 is 5.97 Å². The Bertz CT molecular complexity index is 1630.